The molecule has 2 amide bonds. The average molecular weight is 589 g/mol. The fraction of sp³-hybridized carbons (Fsp3) is 0.231. The summed E-state index contributed by atoms with van der Waals surface area (Å²) in [4.78, 5) is 26.1. The Morgan fingerprint density at radius 1 is 0.917 bits per heavy atom. The predicted molar refractivity (Wildman–Crippen MR) is 144 cm³/mol. The summed E-state index contributed by atoms with van der Waals surface area (Å²) in [5.41, 5.74) is 1.04. The molecule has 0 aliphatic heterocycles. The minimum atomic E-state index is -1.34. The van der Waals surface area contributed by atoms with Crippen molar-refractivity contribution >= 4 is 75.5 Å². The van der Waals surface area contributed by atoms with Crippen molar-refractivity contribution in [2.75, 3.05) is 5.32 Å². The van der Waals surface area contributed by atoms with Gasteiger partial charge in [0.2, 0.25) is 5.91 Å². The number of benzene rings is 3. The number of carbonyl (C=O) groups excluding carboxylic acids is 2. The minimum absolute atomic E-state index is 0.154. The smallest absolute Gasteiger partial charge is 0.253 e. The summed E-state index contributed by atoms with van der Waals surface area (Å²) in [6, 6.07) is 15.3. The van der Waals surface area contributed by atoms with E-state index in [0.717, 1.165) is 0 Å². The van der Waals surface area contributed by atoms with Crippen molar-refractivity contribution in [2.24, 2.45) is 5.92 Å². The summed E-state index contributed by atoms with van der Waals surface area (Å²) in [7, 11) is 0. The van der Waals surface area contributed by atoms with E-state index in [-0.39, 0.29) is 16.4 Å². The molecule has 2 N–H and O–H groups in total. The highest BCUT2D eigenvalue weighted by Crippen LogP contribution is 2.65. The molecule has 1 saturated carbocycles. The second kappa shape index (κ2) is 10.0. The number of anilines is 1. The fourth-order valence-corrected chi connectivity index (χ4v) is 5.68. The van der Waals surface area contributed by atoms with Crippen LogP contribution in [-0.2, 0) is 10.3 Å². The molecule has 188 valence electrons. The third-order valence-electron chi connectivity index (χ3n) is 6.05. The first-order valence-corrected chi connectivity index (χ1v) is 12.7. The van der Waals surface area contributed by atoms with Crippen LogP contribution in [0.4, 0.5) is 10.1 Å². The zero-order chi connectivity index (χ0) is 26.4. The lowest BCUT2D eigenvalue weighted by atomic mass is 9.94. The number of halogens is 6. The maximum absolute atomic E-state index is 13.3. The number of alkyl halides is 2. The van der Waals surface area contributed by atoms with Gasteiger partial charge in [-0.15, -0.1) is 23.2 Å². The van der Waals surface area contributed by atoms with Crippen molar-refractivity contribution in [2.45, 2.75) is 29.6 Å². The van der Waals surface area contributed by atoms with Crippen LogP contribution < -0.4 is 10.6 Å². The van der Waals surface area contributed by atoms with Gasteiger partial charge >= 0.3 is 0 Å². The van der Waals surface area contributed by atoms with Gasteiger partial charge in [0.05, 0.1) is 22.0 Å². The van der Waals surface area contributed by atoms with Crippen LogP contribution in [0, 0.1) is 11.7 Å². The van der Waals surface area contributed by atoms with E-state index in [1.807, 2.05) is 0 Å². The minimum Gasteiger partial charge on any atom is -0.343 e. The topological polar surface area (TPSA) is 58.2 Å². The lowest BCUT2D eigenvalue weighted by molar-refractivity contribution is -0.117. The molecule has 1 aliphatic rings. The molecule has 3 aromatic rings. The maximum atomic E-state index is 13.3. The van der Waals surface area contributed by atoms with Crippen LogP contribution in [0.5, 0.6) is 0 Å². The Labute approximate surface area is 233 Å². The molecule has 2 unspecified atom stereocenters. The Kier molecular flexibility index (Phi) is 7.53. The van der Waals surface area contributed by atoms with Crippen molar-refractivity contribution in [1.82, 2.24) is 5.32 Å². The monoisotopic (exact) mass is 586 g/mol. The molecule has 1 aliphatic carbocycles. The first kappa shape index (κ1) is 27.0. The molecule has 4 nitrogen and oxygen atoms in total. The van der Waals surface area contributed by atoms with Crippen molar-refractivity contribution < 1.29 is 14.0 Å². The molecule has 2 atom stereocenters. The normalized spacial score (nSPS) is 18.4. The molecule has 4 rings (SSSR count). The number of hydrogen-bond donors (Lipinski definition) is 2. The van der Waals surface area contributed by atoms with E-state index in [1.54, 1.807) is 50.2 Å². The highest BCUT2D eigenvalue weighted by atomic mass is 35.5. The summed E-state index contributed by atoms with van der Waals surface area (Å²) < 4.78 is 12.0. The van der Waals surface area contributed by atoms with Gasteiger partial charge < -0.3 is 10.6 Å². The first-order chi connectivity index (χ1) is 16.8. The predicted octanol–water partition coefficient (Wildman–Crippen LogP) is 7.98. The van der Waals surface area contributed by atoms with Gasteiger partial charge in [-0.3, -0.25) is 9.59 Å². The van der Waals surface area contributed by atoms with Crippen molar-refractivity contribution in [3.8, 4) is 0 Å². The zero-order valence-corrected chi connectivity index (χ0v) is 22.8. The van der Waals surface area contributed by atoms with Crippen LogP contribution in [0.2, 0.25) is 15.1 Å². The Balaban J connectivity index is 1.51. The Morgan fingerprint density at radius 2 is 1.53 bits per heavy atom. The van der Waals surface area contributed by atoms with Crippen LogP contribution >= 0.6 is 58.0 Å². The lowest BCUT2D eigenvalue weighted by Gasteiger charge is -2.27. The molecule has 0 spiro atoms. The third-order valence-corrected chi connectivity index (χ3v) is 7.76. The largest absolute Gasteiger partial charge is 0.343 e. The number of nitrogens with one attached hydrogen (secondary N) is 2. The number of amides is 2. The standard InChI is InChI=1S/C26H20Cl5FN2O2/c1-25(2,14-3-5-17(32)6-4-14)34-23(35)19-12-18(7-8-20(19)29)33-24(36)22-21(26(22,30)31)13-9-15(27)11-16(28)10-13/h3-12,21-22H,1-2H3,(H,33,36)(H,34,35). The van der Waals surface area contributed by atoms with E-state index in [1.165, 1.54) is 24.3 Å². The van der Waals surface area contributed by atoms with Gasteiger partial charge in [-0.25, -0.2) is 4.39 Å². The van der Waals surface area contributed by atoms with E-state index in [0.29, 0.717) is 26.9 Å². The molecule has 0 radical (unpaired) electrons. The molecule has 10 heteroatoms. The average Bonchev–Trinajstić information content (AvgIpc) is 3.36. The molecule has 3 aromatic carbocycles. The molecular weight excluding hydrogens is 569 g/mol. The van der Waals surface area contributed by atoms with E-state index in [2.05, 4.69) is 10.6 Å². The van der Waals surface area contributed by atoms with E-state index < -0.39 is 33.5 Å². The maximum Gasteiger partial charge on any atom is 0.253 e. The van der Waals surface area contributed by atoms with Gasteiger partial charge in [-0.05, 0) is 73.5 Å². The SMILES string of the molecule is CC(C)(NC(=O)c1cc(NC(=O)C2C(c3cc(Cl)cc(Cl)c3)C2(Cl)Cl)ccc1Cl)c1ccc(F)cc1. The summed E-state index contributed by atoms with van der Waals surface area (Å²) in [5.74, 6) is -2.54. The zero-order valence-electron chi connectivity index (χ0n) is 19.0. The highest BCUT2D eigenvalue weighted by molar-refractivity contribution is 6.53. The molecule has 0 aromatic heterocycles. The summed E-state index contributed by atoms with van der Waals surface area (Å²) >= 11 is 31.3. The molecule has 36 heavy (non-hydrogen) atoms. The van der Waals surface area contributed by atoms with E-state index >= 15 is 0 Å². The molecule has 0 saturated heterocycles. The highest BCUT2D eigenvalue weighted by Gasteiger charge is 2.67. The third kappa shape index (κ3) is 5.61. The molecule has 0 heterocycles. The van der Waals surface area contributed by atoms with Crippen LogP contribution in [0.25, 0.3) is 0 Å². The van der Waals surface area contributed by atoms with Crippen LogP contribution in [0.15, 0.2) is 60.7 Å². The Morgan fingerprint density at radius 3 is 2.14 bits per heavy atom. The van der Waals surface area contributed by atoms with Gasteiger partial charge in [0.25, 0.3) is 5.91 Å². The molecule has 1 fully saturated rings. The van der Waals surface area contributed by atoms with Crippen LogP contribution in [0.3, 0.4) is 0 Å². The van der Waals surface area contributed by atoms with Gasteiger partial charge in [0.1, 0.15) is 10.2 Å². The van der Waals surface area contributed by atoms with Crippen molar-refractivity contribution in [3.63, 3.8) is 0 Å². The molecular formula is C26H20Cl5FN2O2. The van der Waals surface area contributed by atoms with Crippen molar-refractivity contribution in [3.05, 3.63) is 98.2 Å². The number of hydrogen-bond acceptors (Lipinski definition) is 2. The van der Waals surface area contributed by atoms with Gasteiger partial charge in [0.15, 0.2) is 0 Å². The summed E-state index contributed by atoms with van der Waals surface area (Å²) in [6.07, 6.45) is 0. The quantitative estimate of drug-likeness (QED) is 0.287. The lowest BCUT2D eigenvalue weighted by Crippen LogP contribution is -2.41. The number of rotatable bonds is 6. The van der Waals surface area contributed by atoms with Gasteiger partial charge in [-0.1, -0.05) is 46.9 Å². The summed E-state index contributed by atoms with van der Waals surface area (Å²) in [5, 5.41) is 6.66. The second-order valence-corrected chi connectivity index (χ2v) is 11.8. The number of carbonyl (C=O) groups is 2. The van der Waals surface area contributed by atoms with Crippen molar-refractivity contribution in [1.29, 1.82) is 0 Å². The first-order valence-electron chi connectivity index (χ1n) is 10.8. The summed E-state index contributed by atoms with van der Waals surface area (Å²) in [6.45, 7) is 3.57. The van der Waals surface area contributed by atoms with Crippen LogP contribution in [-0.4, -0.2) is 16.1 Å². The van der Waals surface area contributed by atoms with Gasteiger partial charge in [-0.2, -0.15) is 0 Å². The second-order valence-electron chi connectivity index (χ2n) is 9.10. The van der Waals surface area contributed by atoms with E-state index in [4.69, 9.17) is 58.0 Å². The Hall–Kier alpha value is -2.02. The van der Waals surface area contributed by atoms with Crippen LogP contribution in [0.1, 0.15) is 41.3 Å². The Bertz CT molecular complexity index is 1320. The fourth-order valence-electron chi connectivity index (χ4n) is 4.11. The van der Waals surface area contributed by atoms with Gasteiger partial charge in [0, 0.05) is 21.7 Å². The molecule has 0 bridgehead atoms. The van der Waals surface area contributed by atoms with E-state index in [9.17, 15) is 14.0 Å².